The van der Waals surface area contributed by atoms with E-state index in [2.05, 4.69) is 5.32 Å². The zero-order chi connectivity index (χ0) is 17.6. The second-order valence-electron chi connectivity index (χ2n) is 5.29. The molecule has 128 valence electrons. The highest BCUT2D eigenvalue weighted by atomic mass is 35.5. The zero-order valence-electron chi connectivity index (χ0n) is 13.1. The summed E-state index contributed by atoms with van der Waals surface area (Å²) in [5, 5.41) is 3.78. The fourth-order valence-corrected chi connectivity index (χ4v) is 2.69. The molecule has 6 heteroatoms. The minimum absolute atomic E-state index is 0.190. The number of carbonyl (C=O) groups is 1. The van der Waals surface area contributed by atoms with Crippen LogP contribution in [0.2, 0.25) is 10.0 Å². The van der Waals surface area contributed by atoms with Crippen molar-refractivity contribution < 1.29 is 13.9 Å². The van der Waals surface area contributed by atoms with Gasteiger partial charge in [-0.15, -0.1) is 0 Å². The van der Waals surface area contributed by atoms with Crippen molar-refractivity contribution in [2.75, 3.05) is 6.61 Å². The van der Waals surface area contributed by atoms with Crippen molar-refractivity contribution in [2.45, 2.75) is 6.04 Å². The Balaban J connectivity index is 1.70. The number of furan rings is 1. The van der Waals surface area contributed by atoms with E-state index in [0.29, 0.717) is 21.6 Å². The van der Waals surface area contributed by atoms with Gasteiger partial charge in [-0.3, -0.25) is 4.79 Å². The van der Waals surface area contributed by atoms with Gasteiger partial charge in [0.15, 0.2) is 6.61 Å². The number of rotatable bonds is 6. The quantitative estimate of drug-likeness (QED) is 0.668. The van der Waals surface area contributed by atoms with Gasteiger partial charge < -0.3 is 14.5 Å². The van der Waals surface area contributed by atoms with Crippen LogP contribution in [0.4, 0.5) is 0 Å². The molecule has 2 aromatic carbocycles. The standard InChI is InChI=1S/C19H15Cl2NO3/c20-14-8-9-15(21)17(11-14)25-12-18(23)22-19(16-7-4-10-24-16)13-5-2-1-3-6-13/h1-11,19H,12H2,(H,22,23). The van der Waals surface area contributed by atoms with Gasteiger partial charge in [0.25, 0.3) is 5.91 Å². The maximum Gasteiger partial charge on any atom is 0.258 e. The summed E-state index contributed by atoms with van der Waals surface area (Å²) in [7, 11) is 0. The molecule has 0 radical (unpaired) electrons. The molecule has 0 aliphatic rings. The predicted molar refractivity (Wildman–Crippen MR) is 97.1 cm³/mol. The molecule has 0 bridgehead atoms. The van der Waals surface area contributed by atoms with Gasteiger partial charge in [0.2, 0.25) is 0 Å². The Morgan fingerprint density at radius 1 is 1.08 bits per heavy atom. The van der Waals surface area contributed by atoms with Crippen LogP contribution >= 0.6 is 23.2 Å². The van der Waals surface area contributed by atoms with E-state index in [1.165, 1.54) is 0 Å². The third kappa shape index (κ3) is 4.56. The Bertz CT molecular complexity index is 835. The van der Waals surface area contributed by atoms with E-state index in [1.807, 2.05) is 36.4 Å². The number of hydrogen-bond donors (Lipinski definition) is 1. The van der Waals surface area contributed by atoms with Crippen LogP contribution in [0.3, 0.4) is 0 Å². The van der Waals surface area contributed by atoms with Crippen LogP contribution in [0.5, 0.6) is 5.75 Å². The van der Waals surface area contributed by atoms with Crippen LogP contribution in [-0.4, -0.2) is 12.5 Å². The lowest BCUT2D eigenvalue weighted by Gasteiger charge is -2.17. The van der Waals surface area contributed by atoms with E-state index < -0.39 is 6.04 Å². The van der Waals surface area contributed by atoms with Crippen LogP contribution < -0.4 is 10.1 Å². The topological polar surface area (TPSA) is 51.5 Å². The van der Waals surface area contributed by atoms with E-state index in [9.17, 15) is 4.79 Å². The predicted octanol–water partition coefficient (Wildman–Crippen LogP) is 4.87. The van der Waals surface area contributed by atoms with E-state index in [4.69, 9.17) is 32.4 Å². The third-order valence-electron chi connectivity index (χ3n) is 3.52. The maximum absolute atomic E-state index is 12.3. The number of halogens is 2. The minimum atomic E-state index is -0.401. The van der Waals surface area contributed by atoms with Crippen LogP contribution in [0.25, 0.3) is 0 Å². The summed E-state index contributed by atoms with van der Waals surface area (Å²) >= 11 is 11.9. The highest BCUT2D eigenvalue weighted by Gasteiger charge is 2.19. The molecule has 3 aromatic rings. The van der Waals surface area contributed by atoms with Crippen molar-refractivity contribution in [2.24, 2.45) is 0 Å². The first-order valence-electron chi connectivity index (χ1n) is 7.59. The third-order valence-corrected chi connectivity index (χ3v) is 4.07. The van der Waals surface area contributed by atoms with E-state index in [1.54, 1.807) is 30.5 Å². The van der Waals surface area contributed by atoms with Crippen molar-refractivity contribution in [3.05, 3.63) is 88.3 Å². The molecule has 1 atom stereocenters. The van der Waals surface area contributed by atoms with Gasteiger partial charge in [-0.05, 0) is 29.8 Å². The second-order valence-corrected chi connectivity index (χ2v) is 6.13. The zero-order valence-corrected chi connectivity index (χ0v) is 14.6. The highest BCUT2D eigenvalue weighted by molar-refractivity contribution is 6.34. The van der Waals surface area contributed by atoms with Gasteiger partial charge in [0.1, 0.15) is 17.6 Å². The van der Waals surface area contributed by atoms with Crippen LogP contribution in [-0.2, 0) is 4.79 Å². The van der Waals surface area contributed by atoms with Crippen LogP contribution in [0.1, 0.15) is 17.4 Å². The lowest BCUT2D eigenvalue weighted by Crippen LogP contribution is -2.33. The minimum Gasteiger partial charge on any atom is -0.482 e. The van der Waals surface area contributed by atoms with Gasteiger partial charge in [-0.25, -0.2) is 0 Å². The Labute approximate surface area is 155 Å². The molecule has 0 aliphatic carbocycles. The molecule has 0 saturated carbocycles. The molecule has 0 saturated heterocycles. The number of ether oxygens (including phenoxy) is 1. The normalized spacial score (nSPS) is 11.8. The first kappa shape index (κ1) is 17.4. The summed E-state index contributed by atoms with van der Waals surface area (Å²) < 4.78 is 10.9. The van der Waals surface area contributed by atoms with Crippen molar-refractivity contribution in [1.82, 2.24) is 5.32 Å². The second kappa shape index (κ2) is 8.10. The molecular weight excluding hydrogens is 361 g/mol. The van der Waals surface area contributed by atoms with Crippen molar-refractivity contribution in [3.8, 4) is 5.75 Å². The molecule has 1 heterocycles. The number of carbonyl (C=O) groups excluding carboxylic acids is 1. The highest BCUT2D eigenvalue weighted by Crippen LogP contribution is 2.28. The summed E-state index contributed by atoms with van der Waals surface area (Å²) in [5.41, 5.74) is 0.909. The van der Waals surface area contributed by atoms with Gasteiger partial charge in [-0.1, -0.05) is 53.5 Å². The van der Waals surface area contributed by atoms with E-state index >= 15 is 0 Å². The van der Waals surface area contributed by atoms with E-state index in [0.717, 1.165) is 5.56 Å². The fourth-order valence-electron chi connectivity index (χ4n) is 2.35. The smallest absolute Gasteiger partial charge is 0.258 e. The first-order chi connectivity index (χ1) is 12.1. The number of benzene rings is 2. The SMILES string of the molecule is O=C(COc1cc(Cl)ccc1Cl)NC(c1ccccc1)c1ccco1. The van der Waals surface area contributed by atoms with Crippen molar-refractivity contribution in [1.29, 1.82) is 0 Å². The summed E-state index contributed by atoms with van der Waals surface area (Å²) in [6, 6.07) is 17.6. The molecule has 4 nitrogen and oxygen atoms in total. The lowest BCUT2D eigenvalue weighted by atomic mass is 10.0. The van der Waals surface area contributed by atoms with Crippen LogP contribution in [0, 0.1) is 0 Å². The number of amides is 1. The largest absolute Gasteiger partial charge is 0.482 e. The summed E-state index contributed by atoms with van der Waals surface area (Å²) in [5.74, 6) is 0.695. The van der Waals surface area contributed by atoms with Gasteiger partial charge >= 0.3 is 0 Å². The molecule has 0 aliphatic heterocycles. The molecule has 0 spiro atoms. The van der Waals surface area contributed by atoms with Crippen molar-refractivity contribution in [3.63, 3.8) is 0 Å². The molecule has 25 heavy (non-hydrogen) atoms. The molecule has 1 aromatic heterocycles. The average Bonchev–Trinajstić information content (AvgIpc) is 3.15. The molecule has 0 fully saturated rings. The van der Waals surface area contributed by atoms with Crippen LogP contribution in [0.15, 0.2) is 71.3 Å². The number of hydrogen-bond acceptors (Lipinski definition) is 3. The fraction of sp³-hybridized carbons (Fsp3) is 0.105. The Hall–Kier alpha value is -2.43. The maximum atomic E-state index is 12.3. The molecule has 1 amide bonds. The summed E-state index contributed by atoms with van der Waals surface area (Å²) in [6.45, 7) is -0.190. The van der Waals surface area contributed by atoms with E-state index in [-0.39, 0.29) is 12.5 Å². The van der Waals surface area contributed by atoms with Gasteiger partial charge in [-0.2, -0.15) is 0 Å². The lowest BCUT2D eigenvalue weighted by molar-refractivity contribution is -0.123. The van der Waals surface area contributed by atoms with Crippen molar-refractivity contribution >= 4 is 29.1 Å². The Morgan fingerprint density at radius 2 is 1.88 bits per heavy atom. The van der Waals surface area contributed by atoms with Gasteiger partial charge in [0, 0.05) is 11.1 Å². The molecule has 1 N–H and O–H groups in total. The number of nitrogens with one attached hydrogen (secondary N) is 1. The monoisotopic (exact) mass is 375 g/mol. The molecule has 1 unspecified atom stereocenters. The summed E-state index contributed by atoms with van der Waals surface area (Å²) in [6.07, 6.45) is 1.57. The molecule has 3 rings (SSSR count). The first-order valence-corrected chi connectivity index (χ1v) is 8.34. The summed E-state index contributed by atoms with van der Waals surface area (Å²) in [4.78, 5) is 12.3. The Kier molecular flexibility index (Phi) is 5.64. The van der Waals surface area contributed by atoms with Gasteiger partial charge in [0.05, 0.1) is 11.3 Å². The average molecular weight is 376 g/mol. The molecular formula is C19H15Cl2NO3. The Morgan fingerprint density at radius 3 is 2.60 bits per heavy atom.